The number of hydrogen-bond acceptors (Lipinski definition) is 7. The van der Waals surface area contributed by atoms with Crippen molar-refractivity contribution in [2.45, 2.75) is 117 Å². The van der Waals surface area contributed by atoms with Crippen molar-refractivity contribution in [2.75, 3.05) is 39.8 Å². The fraction of sp³-hybridized carbons (Fsp3) is 0.811. The van der Waals surface area contributed by atoms with Gasteiger partial charge in [0.1, 0.15) is 12.1 Å². The maximum atomic E-state index is 14.7. The predicted molar refractivity (Wildman–Crippen MR) is 197 cm³/mol. The highest BCUT2D eigenvalue weighted by Gasteiger charge is 2.70. The summed E-state index contributed by atoms with van der Waals surface area (Å²) < 4.78 is 28.9. The average molecular weight is 748 g/mol. The van der Waals surface area contributed by atoms with Crippen LogP contribution in [0.4, 0.5) is 4.79 Å². The molecular weight excluding hydrogens is 687 g/mol. The van der Waals surface area contributed by atoms with E-state index in [1.807, 2.05) is 20.8 Å². The van der Waals surface area contributed by atoms with Gasteiger partial charge in [-0.15, -0.1) is 6.58 Å². The molecule has 52 heavy (non-hydrogen) atoms. The molecule has 15 heteroatoms. The summed E-state index contributed by atoms with van der Waals surface area (Å²) in [7, 11) is -2.11. The third kappa shape index (κ3) is 8.83. The Hall–Kier alpha value is -3.04. The lowest BCUT2D eigenvalue weighted by molar-refractivity contribution is -0.144. The minimum Gasteiger partial charge on any atom is -0.346 e. The SMILES string of the molecule is C=CCNC(=O)C(=O)C(CC1CC1)NC(=O)[C@@H]1[C@@H]2[C@H](CN1C(=O)[C@@H](NC(=O)N[C@H](CN1CCCN(C)S1(=O)=O)C(C)(C)C)C1CCCCC1)C2(C)C. The molecule has 5 rings (SSSR count). The van der Waals surface area contributed by atoms with Gasteiger partial charge in [0.15, 0.2) is 0 Å². The molecule has 0 bridgehead atoms. The van der Waals surface area contributed by atoms with E-state index in [2.05, 4.69) is 41.7 Å². The highest BCUT2D eigenvalue weighted by Crippen LogP contribution is 2.65. The molecule has 0 aromatic heterocycles. The molecule has 0 spiro atoms. The molecule has 0 aromatic carbocycles. The number of likely N-dealkylation sites (tertiary alicyclic amines) is 1. The summed E-state index contributed by atoms with van der Waals surface area (Å²) >= 11 is 0. The lowest BCUT2D eigenvalue weighted by atomic mass is 9.83. The normalized spacial score (nSPS) is 27.7. The number of fused-ring (bicyclic) bond motifs is 1. The summed E-state index contributed by atoms with van der Waals surface area (Å²) in [5, 5.41) is 11.4. The molecule has 2 aliphatic heterocycles. The van der Waals surface area contributed by atoms with Crippen LogP contribution in [0.5, 0.6) is 0 Å². The van der Waals surface area contributed by atoms with Crippen LogP contribution in [0, 0.1) is 34.5 Å². The minimum absolute atomic E-state index is 0.0800. The average Bonchev–Trinajstić information content (AvgIpc) is 3.94. The van der Waals surface area contributed by atoms with Crippen molar-refractivity contribution in [1.82, 2.24) is 34.8 Å². The van der Waals surface area contributed by atoms with Gasteiger partial charge in [0.25, 0.3) is 16.1 Å². The Morgan fingerprint density at radius 1 is 0.942 bits per heavy atom. The highest BCUT2D eigenvalue weighted by molar-refractivity contribution is 7.86. The lowest BCUT2D eigenvalue weighted by Gasteiger charge is -2.40. The topological polar surface area (TPSA) is 177 Å². The minimum atomic E-state index is -3.66. The Morgan fingerprint density at radius 2 is 1.62 bits per heavy atom. The maximum Gasteiger partial charge on any atom is 0.315 e. The van der Waals surface area contributed by atoms with E-state index in [1.165, 1.54) is 14.7 Å². The van der Waals surface area contributed by atoms with Crippen molar-refractivity contribution in [3.63, 3.8) is 0 Å². The van der Waals surface area contributed by atoms with Crippen LogP contribution < -0.4 is 21.3 Å². The molecule has 5 fully saturated rings. The van der Waals surface area contributed by atoms with E-state index in [0.717, 1.165) is 44.9 Å². The van der Waals surface area contributed by atoms with E-state index < -0.39 is 63.4 Å². The zero-order valence-corrected chi connectivity index (χ0v) is 32.7. The number of carbonyl (C=O) groups excluding carboxylic acids is 5. The van der Waals surface area contributed by atoms with Gasteiger partial charge in [-0.25, -0.2) is 4.79 Å². The molecule has 6 atom stereocenters. The number of nitrogens with one attached hydrogen (secondary N) is 4. The molecule has 14 nitrogen and oxygen atoms in total. The summed E-state index contributed by atoms with van der Waals surface area (Å²) in [5.41, 5.74) is -0.695. The standard InChI is InChI=1S/C37H61N7O7S/c1-8-17-38-33(47)31(45)26(20-23-15-16-23)39-32(46)30-28-25(37(28,5)6)21-44(30)34(48)29(24-13-10-9-11-14-24)41-35(49)40-27(36(2,3)4)22-43-19-12-18-42(7)52(43,50)51/h8,23-30H,1,9-22H2,2-7H3,(H,38,47)(H,39,46)(H2,40,41,49)/t25-,26?,27+,28-,29-,30-/m0/s1. The van der Waals surface area contributed by atoms with E-state index in [1.54, 1.807) is 11.9 Å². The number of rotatable bonds is 14. The fourth-order valence-electron chi connectivity index (χ4n) is 8.59. The first-order chi connectivity index (χ1) is 24.4. The number of hydrogen-bond donors (Lipinski definition) is 4. The maximum absolute atomic E-state index is 14.7. The predicted octanol–water partition coefficient (Wildman–Crippen LogP) is 2.17. The van der Waals surface area contributed by atoms with Crippen LogP contribution in [-0.2, 0) is 29.4 Å². The van der Waals surface area contributed by atoms with Gasteiger partial charge in [-0.05, 0) is 60.2 Å². The molecule has 1 unspecified atom stereocenters. The number of nitrogens with zero attached hydrogens (tertiary/aromatic N) is 3. The van der Waals surface area contributed by atoms with Crippen molar-refractivity contribution in [3.8, 4) is 0 Å². The van der Waals surface area contributed by atoms with Crippen LogP contribution in [0.25, 0.3) is 0 Å². The lowest BCUT2D eigenvalue weighted by Crippen LogP contribution is -2.62. The Labute approximate surface area is 309 Å². The van der Waals surface area contributed by atoms with Crippen molar-refractivity contribution in [3.05, 3.63) is 12.7 Å². The molecule has 4 N–H and O–H groups in total. The van der Waals surface area contributed by atoms with Crippen molar-refractivity contribution in [2.24, 2.45) is 34.5 Å². The van der Waals surface area contributed by atoms with Gasteiger partial charge in [0, 0.05) is 45.8 Å². The molecule has 2 saturated heterocycles. The smallest absolute Gasteiger partial charge is 0.315 e. The largest absolute Gasteiger partial charge is 0.346 e. The van der Waals surface area contributed by atoms with E-state index in [-0.39, 0.29) is 48.1 Å². The number of ketones is 1. The number of urea groups is 1. The highest BCUT2D eigenvalue weighted by atomic mass is 32.2. The summed E-state index contributed by atoms with van der Waals surface area (Å²) in [4.78, 5) is 70.3. The zero-order chi connectivity index (χ0) is 38.2. The first-order valence-electron chi connectivity index (χ1n) is 19.2. The second-order valence-corrected chi connectivity index (χ2v) is 19.5. The number of piperidine rings is 1. The van der Waals surface area contributed by atoms with E-state index in [0.29, 0.717) is 32.5 Å². The van der Waals surface area contributed by atoms with Crippen LogP contribution in [0.1, 0.15) is 92.4 Å². The fourth-order valence-corrected chi connectivity index (χ4v) is 10.0. The Balaban J connectivity index is 1.35. The summed E-state index contributed by atoms with van der Waals surface area (Å²) in [6.45, 7) is 14.9. The van der Waals surface area contributed by atoms with Gasteiger partial charge in [-0.2, -0.15) is 17.0 Å². The van der Waals surface area contributed by atoms with Crippen LogP contribution in [0.2, 0.25) is 0 Å². The molecular formula is C37H61N7O7S. The summed E-state index contributed by atoms with van der Waals surface area (Å²) in [6.07, 6.45) is 8.76. The second-order valence-electron chi connectivity index (χ2n) is 17.4. The second kappa shape index (κ2) is 15.7. The molecule has 5 aliphatic rings. The van der Waals surface area contributed by atoms with Gasteiger partial charge in [0.05, 0.1) is 6.04 Å². The van der Waals surface area contributed by atoms with Crippen LogP contribution >= 0.6 is 0 Å². The summed E-state index contributed by atoms with van der Waals surface area (Å²) in [6, 6.07) is -3.86. The quantitative estimate of drug-likeness (QED) is 0.156. The number of Topliss-reactive ketones (excluding diaryl/α,β-unsaturated/α-hetero) is 1. The molecule has 292 valence electrons. The van der Waals surface area contributed by atoms with Crippen molar-refractivity contribution >= 4 is 39.7 Å². The first-order valence-corrected chi connectivity index (χ1v) is 20.6. The molecule has 0 radical (unpaired) electrons. The summed E-state index contributed by atoms with van der Waals surface area (Å²) in [5.74, 6) is -2.20. The third-order valence-corrected chi connectivity index (χ3v) is 14.3. The first kappa shape index (κ1) is 40.2. The van der Waals surface area contributed by atoms with Gasteiger partial charge in [0.2, 0.25) is 17.6 Å². The molecule has 2 heterocycles. The van der Waals surface area contributed by atoms with Gasteiger partial charge in [-0.1, -0.05) is 72.8 Å². The van der Waals surface area contributed by atoms with Crippen molar-refractivity contribution in [1.29, 1.82) is 0 Å². The van der Waals surface area contributed by atoms with Crippen LogP contribution in [0.3, 0.4) is 0 Å². The van der Waals surface area contributed by atoms with Gasteiger partial charge in [-0.3, -0.25) is 19.2 Å². The Kier molecular flexibility index (Phi) is 12.2. The van der Waals surface area contributed by atoms with E-state index in [4.69, 9.17) is 0 Å². The van der Waals surface area contributed by atoms with E-state index >= 15 is 0 Å². The molecule has 3 aliphatic carbocycles. The van der Waals surface area contributed by atoms with Gasteiger partial charge < -0.3 is 26.2 Å². The Bertz CT molecular complexity index is 1500. The van der Waals surface area contributed by atoms with Crippen LogP contribution in [0.15, 0.2) is 12.7 Å². The molecule has 3 saturated carbocycles. The Morgan fingerprint density at radius 3 is 2.23 bits per heavy atom. The number of amides is 5. The van der Waals surface area contributed by atoms with Crippen LogP contribution in [-0.4, -0.2) is 115 Å². The molecule has 5 amide bonds. The zero-order valence-electron chi connectivity index (χ0n) is 31.9. The monoisotopic (exact) mass is 747 g/mol. The third-order valence-electron chi connectivity index (χ3n) is 12.3. The molecule has 0 aromatic rings. The van der Waals surface area contributed by atoms with E-state index in [9.17, 15) is 32.4 Å². The number of carbonyl (C=O) groups is 5. The van der Waals surface area contributed by atoms with Gasteiger partial charge >= 0.3 is 6.03 Å². The van der Waals surface area contributed by atoms with Crippen molar-refractivity contribution < 1.29 is 32.4 Å².